The van der Waals surface area contributed by atoms with Gasteiger partial charge in [-0.05, 0) is 12.1 Å². The van der Waals surface area contributed by atoms with Crippen LogP contribution in [0.25, 0.3) is 10.8 Å². The number of aromatic nitrogens is 2. The second-order valence-electron chi connectivity index (χ2n) is 2.82. The van der Waals surface area contributed by atoms with Crippen LogP contribution in [0.5, 0.6) is 0 Å². The summed E-state index contributed by atoms with van der Waals surface area (Å²) in [4.78, 5) is 0.0815. The van der Waals surface area contributed by atoms with Gasteiger partial charge in [0.1, 0.15) is 0 Å². The average molecular weight is 209 g/mol. The van der Waals surface area contributed by atoms with E-state index in [4.69, 9.17) is 5.14 Å². The number of fused-ring (bicyclic) bond motifs is 1. The molecule has 0 unspecified atom stereocenters. The molecule has 5 nitrogen and oxygen atoms in total. The molecule has 0 aliphatic heterocycles. The van der Waals surface area contributed by atoms with Gasteiger partial charge in [-0.1, -0.05) is 6.07 Å². The minimum absolute atomic E-state index is 0.0815. The molecule has 2 N–H and O–H groups in total. The monoisotopic (exact) mass is 209 g/mol. The van der Waals surface area contributed by atoms with Crippen LogP contribution >= 0.6 is 0 Å². The van der Waals surface area contributed by atoms with E-state index in [0.29, 0.717) is 5.39 Å². The Balaban J connectivity index is 2.75. The van der Waals surface area contributed by atoms with Crippen molar-refractivity contribution in [2.75, 3.05) is 0 Å². The van der Waals surface area contributed by atoms with Gasteiger partial charge < -0.3 is 0 Å². The molecule has 1 aromatic carbocycles. The summed E-state index contributed by atoms with van der Waals surface area (Å²) >= 11 is 0. The number of nitrogens with two attached hydrogens (primary N) is 1. The largest absolute Gasteiger partial charge is 0.238 e. The first-order chi connectivity index (χ1) is 6.57. The van der Waals surface area contributed by atoms with Gasteiger partial charge in [-0.15, -0.1) is 0 Å². The molecule has 2 rings (SSSR count). The van der Waals surface area contributed by atoms with Crippen molar-refractivity contribution in [2.45, 2.75) is 4.90 Å². The van der Waals surface area contributed by atoms with Crippen molar-refractivity contribution in [1.82, 2.24) is 10.2 Å². The Kier molecular flexibility index (Phi) is 1.94. The van der Waals surface area contributed by atoms with E-state index in [1.54, 1.807) is 12.3 Å². The van der Waals surface area contributed by atoms with Gasteiger partial charge in [-0.25, -0.2) is 13.6 Å². The first kappa shape index (κ1) is 9.04. The van der Waals surface area contributed by atoms with Crippen LogP contribution < -0.4 is 5.14 Å². The zero-order chi connectivity index (χ0) is 10.2. The van der Waals surface area contributed by atoms with E-state index in [0.717, 1.165) is 5.39 Å². The Morgan fingerprint density at radius 3 is 2.36 bits per heavy atom. The Bertz CT molecular complexity index is 580. The smallest absolute Gasteiger partial charge is 0.225 e. The number of hydrogen-bond acceptors (Lipinski definition) is 4. The Hall–Kier alpha value is -1.53. The Morgan fingerprint density at radius 2 is 1.71 bits per heavy atom. The Labute approximate surface area is 80.6 Å². The molecule has 14 heavy (non-hydrogen) atoms. The fraction of sp³-hybridized carbons (Fsp3) is 0. The van der Waals surface area contributed by atoms with E-state index in [9.17, 15) is 8.42 Å². The SMILES string of the molecule is NS(=O)(=O)c1ccc2cnncc2c1. The summed E-state index contributed by atoms with van der Waals surface area (Å²) in [5, 5.41) is 13.8. The van der Waals surface area contributed by atoms with Crippen LogP contribution in [0.1, 0.15) is 0 Å². The molecule has 0 atom stereocenters. The van der Waals surface area contributed by atoms with Gasteiger partial charge in [0.15, 0.2) is 0 Å². The molecule has 1 aromatic heterocycles. The highest BCUT2D eigenvalue weighted by atomic mass is 32.2. The maximum atomic E-state index is 11.0. The summed E-state index contributed by atoms with van der Waals surface area (Å²) in [7, 11) is -3.64. The quantitative estimate of drug-likeness (QED) is 0.730. The van der Waals surface area contributed by atoms with Crippen LogP contribution in [-0.2, 0) is 10.0 Å². The number of hydrogen-bond donors (Lipinski definition) is 1. The van der Waals surface area contributed by atoms with Crippen LogP contribution in [0, 0.1) is 0 Å². The molecule has 0 radical (unpaired) electrons. The minimum atomic E-state index is -3.64. The van der Waals surface area contributed by atoms with E-state index >= 15 is 0 Å². The third-order valence-electron chi connectivity index (χ3n) is 1.85. The van der Waals surface area contributed by atoms with Gasteiger partial charge >= 0.3 is 0 Å². The minimum Gasteiger partial charge on any atom is -0.225 e. The summed E-state index contributed by atoms with van der Waals surface area (Å²) in [5.41, 5.74) is 0. The topological polar surface area (TPSA) is 85.9 Å². The summed E-state index contributed by atoms with van der Waals surface area (Å²) in [6, 6.07) is 4.56. The first-order valence-electron chi connectivity index (χ1n) is 3.80. The van der Waals surface area contributed by atoms with Crippen LogP contribution in [-0.4, -0.2) is 18.6 Å². The molecule has 0 bridgehead atoms. The van der Waals surface area contributed by atoms with Crippen molar-refractivity contribution in [3.8, 4) is 0 Å². The normalized spacial score (nSPS) is 11.8. The molecular weight excluding hydrogens is 202 g/mol. The third kappa shape index (κ3) is 1.57. The van der Waals surface area contributed by atoms with Crippen molar-refractivity contribution in [1.29, 1.82) is 0 Å². The molecule has 0 amide bonds. The molecule has 2 aromatic rings. The summed E-state index contributed by atoms with van der Waals surface area (Å²) in [6.07, 6.45) is 3.05. The molecule has 0 saturated heterocycles. The molecule has 6 heteroatoms. The Morgan fingerprint density at radius 1 is 1.07 bits per heavy atom. The predicted octanol–water partition coefficient (Wildman–Crippen LogP) is 0.277. The number of rotatable bonds is 1. The van der Waals surface area contributed by atoms with E-state index in [1.807, 2.05) is 0 Å². The molecule has 0 spiro atoms. The number of benzene rings is 1. The zero-order valence-corrected chi connectivity index (χ0v) is 7.90. The van der Waals surface area contributed by atoms with Gasteiger partial charge in [-0.3, -0.25) is 0 Å². The molecule has 0 fully saturated rings. The molecular formula is C8H7N3O2S. The maximum Gasteiger partial charge on any atom is 0.238 e. The maximum absolute atomic E-state index is 11.0. The van der Waals surface area contributed by atoms with Gasteiger partial charge in [0.2, 0.25) is 10.0 Å². The van der Waals surface area contributed by atoms with Crippen LogP contribution in [0.15, 0.2) is 35.5 Å². The van der Waals surface area contributed by atoms with E-state index in [1.165, 1.54) is 18.3 Å². The molecule has 72 valence electrons. The molecule has 0 saturated carbocycles. The van der Waals surface area contributed by atoms with Gasteiger partial charge in [0, 0.05) is 10.8 Å². The lowest BCUT2D eigenvalue weighted by Gasteiger charge is -1.99. The molecule has 1 heterocycles. The van der Waals surface area contributed by atoms with Gasteiger partial charge in [0.05, 0.1) is 17.3 Å². The highest BCUT2D eigenvalue weighted by Gasteiger charge is 2.07. The van der Waals surface area contributed by atoms with E-state index < -0.39 is 10.0 Å². The second kappa shape index (κ2) is 3.00. The number of sulfonamides is 1. The van der Waals surface area contributed by atoms with Crippen molar-refractivity contribution < 1.29 is 8.42 Å². The first-order valence-corrected chi connectivity index (χ1v) is 5.35. The van der Waals surface area contributed by atoms with E-state index in [2.05, 4.69) is 10.2 Å². The van der Waals surface area contributed by atoms with Gasteiger partial charge in [-0.2, -0.15) is 10.2 Å². The lowest BCUT2D eigenvalue weighted by Crippen LogP contribution is -2.11. The van der Waals surface area contributed by atoms with Crippen LogP contribution in [0.2, 0.25) is 0 Å². The lowest BCUT2D eigenvalue weighted by atomic mass is 10.2. The summed E-state index contributed by atoms with van der Waals surface area (Å²) in [6.45, 7) is 0. The van der Waals surface area contributed by atoms with Crippen LogP contribution in [0.4, 0.5) is 0 Å². The summed E-state index contributed by atoms with van der Waals surface area (Å²) in [5.74, 6) is 0. The zero-order valence-electron chi connectivity index (χ0n) is 7.08. The second-order valence-corrected chi connectivity index (χ2v) is 4.39. The van der Waals surface area contributed by atoms with Crippen molar-refractivity contribution in [3.63, 3.8) is 0 Å². The highest BCUT2D eigenvalue weighted by Crippen LogP contribution is 2.15. The predicted molar refractivity (Wildman–Crippen MR) is 50.9 cm³/mol. The van der Waals surface area contributed by atoms with Gasteiger partial charge in [0.25, 0.3) is 0 Å². The fourth-order valence-corrected chi connectivity index (χ4v) is 1.70. The highest BCUT2D eigenvalue weighted by molar-refractivity contribution is 7.89. The van der Waals surface area contributed by atoms with Crippen molar-refractivity contribution in [2.24, 2.45) is 5.14 Å². The lowest BCUT2D eigenvalue weighted by molar-refractivity contribution is 0.598. The molecule has 0 aliphatic carbocycles. The van der Waals surface area contributed by atoms with Crippen molar-refractivity contribution in [3.05, 3.63) is 30.6 Å². The standard InChI is InChI=1S/C8H7N3O2S/c9-14(12,13)8-2-1-6-4-10-11-5-7(6)3-8/h1-5H,(H2,9,12,13). The van der Waals surface area contributed by atoms with Crippen molar-refractivity contribution >= 4 is 20.8 Å². The number of nitrogens with zero attached hydrogens (tertiary/aromatic N) is 2. The van der Waals surface area contributed by atoms with E-state index in [-0.39, 0.29) is 4.90 Å². The van der Waals surface area contributed by atoms with Crippen LogP contribution in [0.3, 0.4) is 0 Å². The number of primary sulfonamides is 1. The average Bonchev–Trinajstić information content (AvgIpc) is 2.16. The fourth-order valence-electron chi connectivity index (χ4n) is 1.15. The molecule has 0 aliphatic rings. The third-order valence-corrected chi connectivity index (χ3v) is 2.76. The summed E-state index contributed by atoms with van der Waals surface area (Å²) < 4.78 is 22.0.